The van der Waals surface area contributed by atoms with Crippen molar-refractivity contribution >= 4 is 23.3 Å². The van der Waals surface area contributed by atoms with Crippen LogP contribution in [0.1, 0.15) is 54.7 Å². The van der Waals surface area contributed by atoms with E-state index in [1.165, 1.54) is 11.1 Å². The van der Waals surface area contributed by atoms with Crippen molar-refractivity contribution in [3.05, 3.63) is 65.2 Å². The van der Waals surface area contributed by atoms with Crippen LogP contribution in [0.5, 0.6) is 0 Å². The number of carbonyl (C=O) groups is 2. The molecule has 0 aromatic heterocycles. The molecule has 186 valence electrons. The Morgan fingerprint density at radius 3 is 2.34 bits per heavy atom. The Hall–Kier alpha value is -3.35. The second-order valence-corrected chi connectivity index (χ2v) is 9.91. The zero-order valence-corrected chi connectivity index (χ0v) is 20.6. The van der Waals surface area contributed by atoms with Gasteiger partial charge in [0.15, 0.2) is 0 Å². The number of hydrogen-bond acceptors (Lipinski definition) is 5. The van der Waals surface area contributed by atoms with Gasteiger partial charge >= 0.3 is 5.97 Å². The second-order valence-electron chi connectivity index (χ2n) is 9.91. The van der Waals surface area contributed by atoms with E-state index >= 15 is 0 Å². The van der Waals surface area contributed by atoms with Gasteiger partial charge in [0.2, 0.25) is 5.91 Å². The number of carboxylic acid groups (broad SMARTS) is 1. The Kier molecular flexibility index (Phi) is 7.73. The highest BCUT2D eigenvalue weighted by Gasteiger charge is 2.30. The molecule has 2 aromatic carbocycles. The molecule has 0 radical (unpaired) electrons. The fourth-order valence-electron chi connectivity index (χ4n) is 5.47. The van der Waals surface area contributed by atoms with E-state index in [1.54, 1.807) is 11.9 Å². The van der Waals surface area contributed by atoms with E-state index < -0.39 is 5.97 Å². The van der Waals surface area contributed by atoms with E-state index in [4.69, 9.17) is 0 Å². The molecular formula is C28H35N3O4. The fraction of sp³-hybridized carbons (Fsp3) is 0.464. The first-order chi connectivity index (χ1) is 16.9. The minimum Gasteiger partial charge on any atom is -0.481 e. The number of nitrogens with zero attached hydrogens (tertiary/aromatic N) is 3. The van der Waals surface area contributed by atoms with Gasteiger partial charge in [-0.15, -0.1) is 0 Å². The zero-order chi connectivity index (χ0) is 24.9. The number of aliphatic carboxylic acids is 1. The SMILES string of the molecule is Cc1ccccc1[C@H](C/C(=N\O)C1CCC(=O)N(C)C1)c1ccc(N2CCC(C(=O)O)CC2)cc1. The topological polar surface area (TPSA) is 93.4 Å². The molecule has 7 nitrogen and oxygen atoms in total. The first-order valence-corrected chi connectivity index (χ1v) is 12.5. The molecule has 1 unspecified atom stereocenters. The lowest BCUT2D eigenvalue weighted by atomic mass is 9.80. The van der Waals surface area contributed by atoms with Crippen molar-refractivity contribution in [2.75, 3.05) is 31.6 Å². The second kappa shape index (κ2) is 10.9. The van der Waals surface area contributed by atoms with Gasteiger partial charge in [0.05, 0.1) is 11.6 Å². The molecule has 2 aliphatic rings. The largest absolute Gasteiger partial charge is 0.481 e. The number of anilines is 1. The zero-order valence-electron chi connectivity index (χ0n) is 20.6. The average Bonchev–Trinajstić information content (AvgIpc) is 2.87. The van der Waals surface area contributed by atoms with E-state index in [-0.39, 0.29) is 23.7 Å². The number of oxime groups is 1. The van der Waals surface area contributed by atoms with Crippen LogP contribution >= 0.6 is 0 Å². The molecule has 2 saturated heterocycles. The molecule has 1 amide bonds. The summed E-state index contributed by atoms with van der Waals surface area (Å²) in [6.45, 7) is 4.16. The van der Waals surface area contributed by atoms with E-state index in [2.05, 4.69) is 53.4 Å². The van der Waals surface area contributed by atoms with E-state index in [0.717, 1.165) is 30.1 Å². The number of piperidine rings is 2. The third-order valence-corrected chi connectivity index (χ3v) is 7.71. The Balaban J connectivity index is 1.56. The van der Waals surface area contributed by atoms with Gasteiger partial charge in [-0.25, -0.2) is 0 Å². The standard InChI is InChI=1S/C28H35N3O4/c1-19-5-3-4-6-24(19)25(17-26(29-35)22-9-12-27(32)30(2)18-22)20-7-10-23(11-8-20)31-15-13-21(14-16-31)28(33)34/h3-8,10-11,21-22,25,35H,9,12-18H2,1-2H3,(H,33,34)/b29-26+/t22?,25-/m1/s1. The van der Waals surface area contributed by atoms with Crippen LogP contribution in [0, 0.1) is 18.8 Å². The van der Waals surface area contributed by atoms with Crippen LogP contribution in [-0.4, -0.2) is 59.5 Å². The summed E-state index contributed by atoms with van der Waals surface area (Å²) in [5, 5.41) is 23.0. The van der Waals surface area contributed by atoms with Gasteiger partial charge in [0.25, 0.3) is 0 Å². The van der Waals surface area contributed by atoms with Crippen molar-refractivity contribution in [2.45, 2.75) is 44.9 Å². The quantitative estimate of drug-likeness (QED) is 0.348. The van der Waals surface area contributed by atoms with Gasteiger partial charge in [-0.2, -0.15) is 0 Å². The highest BCUT2D eigenvalue weighted by molar-refractivity contribution is 5.90. The van der Waals surface area contributed by atoms with Crippen LogP contribution in [-0.2, 0) is 9.59 Å². The first kappa shape index (κ1) is 24.8. The Bertz CT molecular complexity index is 1070. The minimum absolute atomic E-state index is 0.0248. The molecule has 0 saturated carbocycles. The molecule has 2 N–H and O–H groups in total. The van der Waals surface area contributed by atoms with Crippen LogP contribution in [0.15, 0.2) is 53.7 Å². The molecule has 0 aliphatic carbocycles. The summed E-state index contributed by atoms with van der Waals surface area (Å²) in [5.41, 5.74) is 5.36. The summed E-state index contributed by atoms with van der Waals surface area (Å²) in [5.74, 6) is -0.741. The van der Waals surface area contributed by atoms with E-state index in [1.807, 2.05) is 12.1 Å². The maximum atomic E-state index is 12.0. The van der Waals surface area contributed by atoms with Crippen LogP contribution in [0.2, 0.25) is 0 Å². The lowest BCUT2D eigenvalue weighted by Gasteiger charge is -2.33. The molecule has 2 atom stereocenters. The van der Waals surface area contributed by atoms with Crippen LogP contribution < -0.4 is 4.90 Å². The number of carboxylic acids is 1. The van der Waals surface area contributed by atoms with Crippen LogP contribution in [0.25, 0.3) is 0 Å². The Morgan fingerprint density at radius 2 is 1.74 bits per heavy atom. The minimum atomic E-state index is -0.698. The number of amides is 1. The molecule has 2 fully saturated rings. The van der Waals surface area contributed by atoms with Crippen LogP contribution in [0.4, 0.5) is 5.69 Å². The van der Waals surface area contributed by atoms with Gasteiger partial charge in [-0.3, -0.25) is 9.59 Å². The molecule has 4 rings (SSSR count). The van der Waals surface area contributed by atoms with E-state index in [9.17, 15) is 19.9 Å². The lowest BCUT2D eigenvalue weighted by molar-refractivity contribution is -0.142. The molecular weight excluding hydrogens is 442 g/mol. The van der Waals surface area contributed by atoms with Crippen molar-refractivity contribution in [3.8, 4) is 0 Å². The summed E-state index contributed by atoms with van der Waals surface area (Å²) in [7, 11) is 1.81. The van der Waals surface area contributed by atoms with Crippen molar-refractivity contribution in [1.82, 2.24) is 4.90 Å². The fourth-order valence-corrected chi connectivity index (χ4v) is 5.47. The average molecular weight is 478 g/mol. The molecule has 0 bridgehead atoms. The maximum Gasteiger partial charge on any atom is 0.306 e. The van der Waals surface area contributed by atoms with Crippen LogP contribution in [0.3, 0.4) is 0 Å². The molecule has 35 heavy (non-hydrogen) atoms. The van der Waals surface area contributed by atoms with Crippen molar-refractivity contribution in [3.63, 3.8) is 0 Å². The van der Waals surface area contributed by atoms with Crippen molar-refractivity contribution in [2.24, 2.45) is 17.0 Å². The van der Waals surface area contributed by atoms with E-state index in [0.29, 0.717) is 38.6 Å². The maximum absolute atomic E-state index is 12.0. The smallest absolute Gasteiger partial charge is 0.306 e. The van der Waals surface area contributed by atoms with Gasteiger partial charge in [-0.05, 0) is 55.0 Å². The van der Waals surface area contributed by atoms with Crippen molar-refractivity contribution < 1.29 is 19.9 Å². The summed E-state index contributed by atoms with van der Waals surface area (Å²) < 4.78 is 0. The summed E-state index contributed by atoms with van der Waals surface area (Å²) in [6.07, 6.45) is 3.09. The number of aryl methyl sites for hydroxylation is 1. The highest BCUT2D eigenvalue weighted by Crippen LogP contribution is 2.35. The Labute approximate surface area is 207 Å². The highest BCUT2D eigenvalue weighted by atomic mass is 16.4. The third-order valence-electron chi connectivity index (χ3n) is 7.71. The normalized spacial score (nSPS) is 20.7. The summed E-state index contributed by atoms with van der Waals surface area (Å²) in [4.78, 5) is 27.2. The van der Waals surface area contributed by atoms with Gasteiger partial charge in [0.1, 0.15) is 0 Å². The van der Waals surface area contributed by atoms with Gasteiger partial charge < -0.3 is 20.1 Å². The predicted octanol–water partition coefficient (Wildman–Crippen LogP) is 4.52. The third kappa shape index (κ3) is 5.66. The first-order valence-electron chi connectivity index (χ1n) is 12.5. The number of hydrogen-bond donors (Lipinski definition) is 2. The number of benzene rings is 2. The molecule has 7 heteroatoms. The van der Waals surface area contributed by atoms with Crippen molar-refractivity contribution in [1.29, 1.82) is 0 Å². The van der Waals surface area contributed by atoms with Gasteiger partial charge in [-0.1, -0.05) is 41.6 Å². The number of rotatable bonds is 7. The predicted molar refractivity (Wildman–Crippen MR) is 136 cm³/mol. The monoisotopic (exact) mass is 477 g/mol. The molecule has 2 heterocycles. The number of likely N-dealkylation sites (tertiary alicyclic amines) is 1. The molecule has 2 aliphatic heterocycles. The molecule has 2 aromatic rings. The number of carbonyl (C=O) groups excluding carboxylic acids is 1. The summed E-state index contributed by atoms with van der Waals surface area (Å²) in [6, 6.07) is 16.8. The van der Waals surface area contributed by atoms with Gasteiger partial charge in [0, 0.05) is 57.0 Å². The molecule has 0 spiro atoms. The lowest BCUT2D eigenvalue weighted by Crippen LogP contribution is -2.40. The summed E-state index contributed by atoms with van der Waals surface area (Å²) >= 11 is 0. The Morgan fingerprint density at radius 1 is 1.06 bits per heavy atom.